The lowest BCUT2D eigenvalue weighted by Crippen LogP contribution is -2.35. The highest BCUT2D eigenvalue weighted by Gasteiger charge is 2.41. The second kappa shape index (κ2) is 3.10. The van der Waals surface area contributed by atoms with Crippen molar-refractivity contribution in [3.8, 4) is 0 Å². The van der Waals surface area contributed by atoms with Crippen LogP contribution in [0, 0.1) is 0 Å². The van der Waals surface area contributed by atoms with E-state index in [4.69, 9.17) is 9.84 Å². The van der Waals surface area contributed by atoms with Crippen LogP contribution in [0.25, 0.3) is 0 Å². The fourth-order valence-electron chi connectivity index (χ4n) is 1.31. The number of ether oxygens (including phenoxy) is 1. The molecular weight excluding hydrogens is 162 g/mol. The molecule has 1 aliphatic rings. The number of nitrogens with zero attached hydrogens (tertiary/aromatic N) is 1. The van der Waals surface area contributed by atoms with Gasteiger partial charge in [-0.1, -0.05) is 0 Å². The van der Waals surface area contributed by atoms with Gasteiger partial charge in [-0.05, 0) is 0 Å². The fraction of sp³-hybridized carbons (Fsp3) is 0.714. The van der Waals surface area contributed by atoms with Crippen LogP contribution >= 0.6 is 0 Å². The Morgan fingerprint density at radius 1 is 1.75 bits per heavy atom. The van der Waals surface area contributed by atoms with E-state index in [-0.39, 0.29) is 12.3 Å². The van der Waals surface area contributed by atoms with Gasteiger partial charge in [0.2, 0.25) is 0 Å². The van der Waals surface area contributed by atoms with E-state index in [1.165, 1.54) is 19.1 Å². The zero-order valence-corrected chi connectivity index (χ0v) is 6.98. The summed E-state index contributed by atoms with van der Waals surface area (Å²) in [7, 11) is 2.88. The van der Waals surface area contributed by atoms with Gasteiger partial charge in [0.15, 0.2) is 0 Å². The van der Waals surface area contributed by atoms with Crippen LogP contribution in [0.1, 0.15) is 6.42 Å². The number of likely N-dealkylation sites (N-methyl/N-ethyl adjacent to an activating group) is 1. The van der Waals surface area contributed by atoms with Crippen LogP contribution in [0.4, 0.5) is 0 Å². The molecule has 1 heterocycles. The van der Waals surface area contributed by atoms with E-state index in [1.54, 1.807) is 0 Å². The molecule has 12 heavy (non-hydrogen) atoms. The van der Waals surface area contributed by atoms with E-state index in [0.717, 1.165) is 0 Å². The third-order valence-electron chi connectivity index (χ3n) is 2.10. The Balaban J connectivity index is 2.73. The summed E-state index contributed by atoms with van der Waals surface area (Å²) in [6.45, 7) is 0. The maximum atomic E-state index is 11.2. The molecule has 1 aliphatic heterocycles. The summed E-state index contributed by atoms with van der Waals surface area (Å²) in [5, 5.41) is 8.67. The van der Waals surface area contributed by atoms with Crippen LogP contribution in [0.15, 0.2) is 0 Å². The topological polar surface area (TPSA) is 66.8 Å². The molecule has 0 spiro atoms. The molecule has 1 fully saturated rings. The number of methoxy groups -OCH3 is 1. The number of hydrogen-bond donors (Lipinski definition) is 1. The first-order chi connectivity index (χ1) is 5.57. The van der Waals surface area contributed by atoms with Crippen LogP contribution < -0.4 is 0 Å². The summed E-state index contributed by atoms with van der Waals surface area (Å²) in [4.78, 5) is 23.0. The SMILES string of the molecule is COC1CC(C(=O)O)N(C)C1=O. The third kappa shape index (κ3) is 1.27. The first kappa shape index (κ1) is 8.99. The molecule has 0 saturated carbocycles. The largest absolute Gasteiger partial charge is 0.480 e. The van der Waals surface area contributed by atoms with Crippen molar-refractivity contribution in [1.29, 1.82) is 0 Å². The summed E-state index contributed by atoms with van der Waals surface area (Å²) in [5.74, 6) is -1.24. The number of carboxylic acids is 1. The molecule has 1 rings (SSSR count). The van der Waals surface area contributed by atoms with E-state index >= 15 is 0 Å². The zero-order chi connectivity index (χ0) is 9.30. The molecule has 2 unspecified atom stereocenters. The van der Waals surface area contributed by atoms with Crippen molar-refractivity contribution in [3.63, 3.8) is 0 Å². The van der Waals surface area contributed by atoms with Gasteiger partial charge in [-0.15, -0.1) is 0 Å². The number of aliphatic carboxylic acids is 1. The van der Waals surface area contributed by atoms with Gasteiger partial charge in [0, 0.05) is 20.6 Å². The molecule has 5 heteroatoms. The van der Waals surface area contributed by atoms with E-state index in [1.807, 2.05) is 0 Å². The highest BCUT2D eigenvalue weighted by molar-refractivity contribution is 5.90. The number of hydrogen-bond acceptors (Lipinski definition) is 3. The second-order valence-electron chi connectivity index (χ2n) is 2.76. The molecule has 5 nitrogen and oxygen atoms in total. The van der Waals surface area contributed by atoms with Gasteiger partial charge in [0.1, 0.15) is 12.1 Å². The maximum absolute atomic E-state index is 11.2. The Kier molecular flexibility index (Phi) is 2.32. The third-order valence-corrected chi connectivity index (χ3v) is 2.10. The lowest BCUT2D eigenvalue weighted by Gasteiger charge is -2.13. The number of carbonyl (C=O) groups excluding carboxylic acids is 1. The normalized spacial score (nSPS) is 29.5. The Labute approximate surface area is 69.9 Å². The fourth-order valence-corrected chi connectivity index (χ4v) is 1.31. The first-order valence-electron chi connectivity index (χ1n) is 3.60. The van der Waals surface area contributed by atoms with E-state index in [0.29, 0.717) is 0 Å². The Hall–Kier alpha value is -1.10. The molecule has 0 aromatic heterocycles. The predicted octanol–water partition coefficient (Wildman–Crippen LogP) is -0.683. The van der Waals surface area contributed by atoms with Crippen molar-refractivity contribution < 1.29 is 19.4 Å². The summed E-state index contributed by atoms with van der Waals surface area (Å²) >= 11 is 0. The van der Waals surface area contributed by atoms with Crippen molar-refractivity contribution in [3.05, 3.63) is 0 Å². The molecule has 0 aliphatic carbocycles. The van der Waals surface area contributed by atoms with Crippen LogP contribution in [0.5, 0.6) is 0 Å². The number of carboxylic acid groups (broad SMARTS) is 1. The van der Waals surface area contributed by atoms with Crippen molar-refractivity contribution in [2.24, 2.45) is 0 Å². The Morgan fingerprint density at radius 2 is 2.33 bits per heavy atom. The molecule has 0 aromatic carbocycles. The molecule has 1 N–H and O–H groups in total. The van der Waals surface area contributed by atoms with Gasteiger partial charge < -0.3 is 14.7 Å². The molecule has 68 valence electrons. The lowest BCUT2D eigenvalue weighted by molar-refractivity contribution is -0.145. The smallest absolute Gasteiger partial charge is 0.326 e. The van der Waals surface area contributed by atoms with Crippen molar-refractivity contribution in [2.75, 3.05) is 14.2 Å². The highest BCUT2D eigenvalue weighted by atomic mass is 16.5. The Bertz CT molecular complexity index is 215. The standard InChI is InChI=1S/C7H11NO4/c1-8-4(7(10)11)3-5(12-2)6(8)9/h4-5H,3H2,1-2H3,(H,10,11). The van der Waals surface area contributed by atoms with Crippen molar-refractivity contribution in [2.45, 2.75) is 18.6 Å². The van der Waals surface area contributed by atoms with Gasteiger partial charge in [-0.25, -0.2) is 4.79 Å². The molecule has 2 atom stereocenters. The minimum Gasteiger partial charge on any atom is -0.480 e. The minimum absolute atomic E-state index is 0.237. The first-order valence-corrected chi connectivity index (χ1v) is 3.60. The average Bonchev–Trinajstić information content (AvgIpc) is 2.30. The summed E-state index contributed by atoms with van der Waals surface area (Å²) < 4.78 is 4.82. The molecule has 1 saturated heterocycles. The average molecular weight is 173 g/mol. The van der Waals surface area contributed by atoms with Crippen LogP contribution in [0.3, 0.4) is 0 Å². The van der Waals surface area contributed by atoms with Crippen molar-refractivity contribution in [1.82, 2.24) is 4.90 Å². The second-order valence-corrected chi connectivity index (χ2v) is 2.76. The monoisotopic (exact) mass is 173 g/mol. The van der Waals surface area contributed by atoms with Crippen LogP contribution in [0.2, 0.25) is 0 Å². The van der Waals surface area contributed by atoms with Crippen LogP contribution in [-0.2, 0) is 14.3 Å². The number of likely N-dealkylation sites (tertiary alicyclic amines) is 1. The minimum atomic E-state index is -0.981. The van der Waals surface area contributed by atoms with Gasteiger partial charge >= 0.3 is 5.97 Å². The molecule has 0 aromatic rings. The molecule has 0 radical (unpaired) electrons. The van der Waals surface area contributed by atoms with Gasteiger partial charge in [-0.2, -0.15) is 0 Å². The van der Waals surface area contributed by atoms with E-state index in [2.05, 4.69) is 0 Å². The summed E-state index contributed by atoms with van der Waals surface area (Å²) in [5.41, 5.74) is 0. The maximum Gasteiger partial charge on any atom is 0.326 e. The summed E-state index contributed by atoms with van der Waals surface area (Å²) in [6, 6.07) is -0.734. The van der Waals surface area contributed by atoms with Gasteiger partial charge in [0.05, 0.1) is 0 Å². The van der Waals surface area contributed by atoms with E-state index < -0.39 is 18.1 Å². The quantitative estimate of drug-likeness (QED) is 0.600. The Morgan fingerprint density at radius 3 is 2.58 bits per heavy atom. The zero-order valence-electron chi connectivity index (χ0n) is 6.98. The predicted molar refractivity (Wildman–Crippen MR) is 39.6 cm³/mol. The number of amides is 1. The highest BCUT2D eigenvalue weighted by Crippen LogP contribution is 2.19. The summed E-state index contributed by atoms with van der Waals surface area (Å²) in [6.07, 6.45) is -0.350. The molecule has 1 amide bonds. The van der Waals surface area contributed by atoms with Gasteiger partial charge in [0.25, 0.3) is 5.91 Å². The molecule has 0 bridgehead atoms. The lowest BCUT2D eigenvalue weighted by atomic mass is 10.2. The number of carbonyl (C=O) groups is 2. The number of rotatable bonds is 2. The van der Waals surface area contributed by atoms with E-state index in [9.17, 15) is 9.59 Å². The van der Waals surface area contributed by atoms with Crippen LogP contribution in [-0.4, -0.2) is 48.2 Å². The van der Waals surface area contributed by atoms with Crippen molar-refractivity contribution >= 4 is 11.9 Å². The molecular formula is C7H11NO4. The van der Waals surface area contributed by atoms with Gasteiger partial charge in [-0.3, -0.25) is 4.79 Å².